The number of aromatic amines is 1. The Morgan fingerprint density at radius 1 is 1.39 bits per heavy atom. The van der Waals surface area contributed by atoms with E-state index in [2.05, 4.69) is 25.9 Å². The molecule has 1 heterocycles. The van der Waals surface area contributed by atoms with E-state index in [0.29, 0.717) is 22.5 Å². The number of anilines is 1. The molecule has 0 bridgehead atoms. The molecule has 7 heteroatoms. The Morgan fingerprint density at radius 3 is 2.56 bits per heavy atom. The van der Waals surface area contributed by atoms with Crippen molar-refractivity contribution in [1.29, 1.82) is 0 Å². The van der Waals surface area contributed by atoms with Crippen LogP contribution in [0.5, 0.6) is 0 Å². The molecule has 0 atom stereocenters. The van der Waals surface area contributed by atoms with Gasteiger partial charge in [0.05, 0.1) is 11.2 Å². The number of halogens is 1. The molecule has 0 aliphatic carbocycles. The van der Waals surface area contributed by atoms with Gasteiger partial charge in [-0.2, -0.15) is 0 Å². The summed E-state index contributed by atoms with van der Waals surface area (Å²) in [6.07, 6.45) is 1.19. The van der Waals surface area contributed by atoms with E-state index in [-0.39, 0.29) is 0 Å². The molecule has 0 aliphatic rings. The highest BCUT2D eigenvalue weighted by molar-refractivity contribution is 9.10. The van der Waals surface area contributed by atoms with Crippen molar-refractivity contribution in [2.75, 3.05) is 12.0 Å². The summed E-state index contributed by atoms with van der Waals surface area (Å²) in [6, 6.07) is 3.56. The zero-order valence-corrected chi connectivity index (χ0v) is 12.7. The minimum absolute atomic E-state index is 0.393. The zero-order valence-electron chi connectivity index (χ0n) is 10.3. The number of H-pyrrole nitrogens is 1. The maximum Gasteiger partial charge on any atom is 0.159 e. The summed E-state index contributed by atoms with van der Waals surface area (Å²) < 4.78 is 23.3. The highest BCUT2D eigenvalue weighted by Crippen LogP contribution is 2.31. The fraction of sp³-hybridized carbons (Fsp3) is 0.364. The molecule has 1 aromatic heterocycles. The van der Waals surface area contributed by atoms with Gasteiger partial charge in [-0.15, -0.1) is 0 Å². The minimum Gasteiger partial charge on any atom is -0.397 e. The monoisotopic (exact) mass is 331 g/mol. The van der Waals surface area contributed by atoms with E-state index >= 15 is 0 Å². The molecule has 2 rings (SSSR count). The molecule has 98 valence electrons. The summed E-state index contributed by atoms with van der Waals surface area (Å²) in [5, 5.41) is 0. The fourth-order valence-corrected chi connectivity index (χ4v) is 2.49. The number of hydrogen-bond acceptors (Lipinski definition) is 4. The maximum atomic E-state index is 11.8. The molecule has 0 saturated heterocycles. The molecule has 0 radical (unpaired) electrons. The van der Waals surface area contributed by atoms with E-state index in [9.17, 15) is 8.42 Å². The number of fused-ring (bicyclic) bond motifs is 1. The van der Waals surface area contributed by atoms with Gasteiger partial charge in [-0.25, -0.2) is 13.4 Å². The van der Waals surface area contributed by atoms with Crippen LogP contribution in [0.4, 0.5) is 5.69 Å². The van der Waals surface area contributed by atoms with Gasteiger partial charge in [0, 0.05) is 10.7 Å². The van der Waals surface area contributed by atoms with E-state index in [1.54, 1.807) is 19.9 Å². The third-order valence-electron chi connectivity index (χ3n) is 3.08. The molecule has 1 aromatic carbocycles. The average molecular weight is 332 g/mol. The minimum atomic E-state index is -3.27. The van der Waals surface area contributed by atoms with Crippen LogP contribution in [0.25, 0.3) is 11.0 Å². The Hall–Kier alpha value is -1.08. The SMILES string of the molecule is CC(C)(c1nc2c(N)cc(Br)cc2[nH]1)S(C)(=O)=O. The fourth-order valence-electron chi connectivity index (χ4n) is 1.57. The summed E-state index contributed by atoms with van der Waals surface area (Å²) >= 11 is 3.34. The standard InChI is InChI=1S/C11H14BrN3O2S/c1-11(2,18(3,16)17)10-14-8-5-6(12)4-7(13)9(8)15-10/h4-5H,13H2,1-3H3,(H,14,15). The molecule has 0 fully saturated rings. The topological polar surface area (TPSA) is 88.8 Å². The summed E-state index contributed by atoms with van der Waals surface area (Å²) in [5.74, 6) is 0.393. The number of aromatic nitrogens is 2. The molecule has 18 heavy (non-hydrogen) atoms. The van der Waals surface area contributed by atoms with Gasteiger partial charge in [0.1, 0.15) is 16.1 Å². The van der Waals surface area contributed by atoms with Crippen molar-refractivity contribution < 1.29 is 8.42 Å². The second-order valence-corrected chi connectivity index (χ2v) is 8.24. The predicted molar refractivity (Wildman–Crippen MR) is 76.1 cm³/mol. The molecule has 0 amide bonds. The van der Waals surface area contributed by atoms with Crippen LogP contribution in [0.3, 0.4) is 0 Å². The Labute approximate surface area is 114 Å². The van der Waals surface area contributed by atoms with E-state index < -0.39 is 14.6 Å². The second kappa shape index (κ2) is 3.96. The normalized spacial score (nSPS) is 13.1. The van der Waals surface area contributed by atoms with Gasteiger partial charge in [-0.3, -0.25) is 0 Å². The van der Waals surface area contributed by atoms with Gasteiger partial charge in [0.2, 0.25) is 0 Å². The molecule has 0 unspecified atom stereocenters. The number of rotatable bonds is 2. The highest BCUT2D eigenvalue weighted by atomic mass is 79.9. The lowest BCUT2D eigenvalue weighted by molar-refractivity contribution is 0.553. The van der Waals surface area contributed by atoms with Crippen LogP contribution in [0.2, 0.25) is 0 Å². The van der Waals surface area contributed by atoms with Gasteiger partial charge < -0.3 is 10.7 Å². The molecular formula is C11H14BrN3O2S. The molecule has 5 nitrogen and oxygen atoms in total. The number of sulfone groups is 1. The van der Waals surface area contributed by atoms with Gasteiger partial charge in [-0.1, -0.05) is 15.9 Å². The third kappa shape index (κ3) is 2.01. The number of nitrogens with zero attached hydrogens (tertiary/aromatic N) is 1. The van der Waals surface area contributed by atoms with Crippen LogP contribution < -0.4 is 5.73 Å². The smallest absolute Gasteiger partial charge is 0.159 e. The highest BCUT2D eigenvalue weighted by Gasteiger charge is 2.35. The lowest BCUT2D eigenvalue weighted by atomic mass is 10.2. The first-order chi connectivity index (χ1) is 8.13. The molecule has 0 aliphatic heterocycles. The first-order valence-corrected chi connectivity index (χ1v) is 7.96. The van der Waals surface area contributed by atoms with E-state index in [1.807, 2.05) is 6.07 Å². The van der Waals surface area contributed by atoms with Crippen molar-refractivity contribution in [3.8, 4) is 0 Å². The quantitative estimate of drug-likeness (QED) is 0.825. The molecule has 3 N–H and O–H groups in total. The van der Waals surface area contributed by atoms with Crippen LogP contribution in [-0.4, -0.2) is 24.6 Å². The number of nitrogens with one attached hydrogen (secondary N) is 1. The van der Waals surface area contributed by atoms with Gasteiger partial charge in [0.25, 0.3) is 0 Å². The summed E-state index contributed by atoms with van der Waals surface area (Å²) in [5.41, 5.74) is 7.67. The summed E-state index contributed by atoms with van der Waals surface area (Å²) in [7, 11) is -3.27. The van der Waals surface area contributed by atoms with E-state index in [4.69, 9.17) is 5.73 Å². The van der Waals surface area contributed by atoms with Gasteiger partial charge in [0.15, 0.2) is 9.84 Å². The second-order valence-electron chi connectivity index (χ2n) is 4.76. The van der Waals surface area contributed by atoms with Crippen molar-refractivity contribution in [1.82, 2.24) is 9.97 Å². The largest absolute Gasteiger partial charge is 0.397 e. The van der Waals surface area contributed by atoms with Crippen molar-refractivity contribution in [2.24, 2.45) is 0 Å². The lowest BCUT2D eigenvalue weighted by Crippen LogP contribution is -2.29. The van der Waals surface area contributed by atoms with Crippen LogP contribution >= 0.6 is 15.9 Å². The lowest BCUT2D eigenvalue weighted by Gasteiger charge is -2.19. The van der Waals surface area contributed by atoms with Gasteiger partial charge >= 0.3 is 0 Å². The Morgan fingerprint density at radius 2 is 2.00 bits per heavy atom. The van der Waals surface area contributed by atoms with E-state index in [0.717, 1.165) is 4.47 Å². The predicted octanol–water partition coefficient (Wildman–Crippen LogP) is 2.19. The molecule has 0 spiro atoms. The third-order valence-corrected chi connectivity index (χ3v) is 5.58. The number of imidazole rings is 1. The van der Waals surface area contributed by atoms with Crippen molar-refractivity contribution in [2.45, 2.75) is 18.6 Å². The molecule has 2 aromatic rings. The molecular weight excluding hydrogens is 318 g/mol. The Kier molecular flexibility index (Phi) is 2.94. The number of hydrogen-bond donors (Lipinski definition) is 2. The Balaban J connectivity index is 2.72. The number of nitrogen functional groups attached to an aromatic ring is 1. The first kappa shape index (κ1) is 13.4. The zero-order chi connectivity index (χ0) is 13.7. The average Bonchev–Trinajstić information content (AvgIpc) is 2.59. The Bertz CT molecular complexity index is 719. The van der Waals surface area contributed by atoms with E-state index in [1.165, 1.54) is 6.26 Å². The number of nitrogens with two attached hydrogens (primary N) is 1. The van der Waals surface area contributed by atoms with Crippen molar-refractivity contribution in [3.05, 3.63) is 22.4 Å². The summed E-state index contributed by atoms with van der Waals surface area (Å²) in [4.78, 5) is 7.33. The van der Waals surface area contributed by atoms with Crippen molar-refractivity contribution >= 4 is 42.5 Å². The first-order valence-electron chi connectivity index (χ1n) is 5.28. The van der Waals surface area contributed by atoms with Crippen LogP contribution in [0.1, 0.15) is 19.7 Å². The van der Waals surface area contributed by atoms with Crippen LogP contribution in [-0.2, 0) is 14.6 Å². The number of benzene rings is 1. The van der Waals surface area contributed by atoms with Crippen LogP contribution in [0, 0.1) is 0 Å². The molecule has 0 saturated carbocycles. The van der Waals surface area contributed by atoms with Crippen molar-refractivity contribution in [3.63, 3.8) is 0 Å². The van der Waals surface area contributed by atoms with Crippen LogP contribution in [0.15, 0.2) is 16.6 Å². The summed E-state index contributed by atoms with van der Waals surface area (Å²) in [6.45, 7) is 3.23. The maximum absolute atomic E-state index is 11.8. The van der Waals surface area contributed by atoms with Gasteiger partial charge in [-0.05, 0) is 26.0 Å².